The van der Waals surface area contributed by atoms with Crippen LogP contribution in [0, 0.1) is 11.8 Å². The second-order valence-corrected chi connectivity index (χ2v) is 4.06. The number of aliphatic hydroxyl groups is 1. The van der Waals surface area contributed by atoms with Crippen molar-refractivity contribution in [2.75, 3.05) is 19.7 Å². The standard InChI is InChI=1S/C9H14F3NO3/c1-5(8(15)16)13-2-6(4-14)7(3-13)9(10,11)12/h5-7,14H,2-4H2,1H3,(H,15,16)/t5-,6+,7+/m1/s1. The van der Waals surface area contributed by atoms with Crippen LogP contribution in [0.1, 0.15) is 6.92 Å². The van der Waals surface area contributed by atoms with Crippen molar-refractivity contribution in [1.82, 2.24) is 4.90 Å². The van der Waals surface area contributed by atoms with Gasteiger partial charge in [-0.05, 0) is 6.92 Å². The Kier molecular flexibility index (Phi) is 3.80. The normalized spacial score (nSPS) is 29.3. The highest BCUT2D eigenvalue weighted by Crippen LogP contribution is 2.37. The van der Waals surface area contributed by atoms with Gasteiger partial charge >= 0.3 is 12.1 Å². The predicted molar refractivity (Wildman–Crippen MR) is 48.8 cm³/mol. The molecule has 7 heteroatoms. The van der Waals surface area contributed by atoms with Crippen molar-refractivity contribution < 1.29 is 28.2 Å². The molecule has 0 spiro atoms. The quantitative estimate of drug-likeness (QED) is 0.758. The second-order valence-electron chi connectivity index (χ2n) is 4.06. The van der Waals surface area contributed by atoms with Crippen molar-refractivity contribution in [2.24, 2.45) is 11.8 Å². The SMILES string of the molecule is C[C@H](C(=O)O)N1C[C@@H](CO)[C@@H](C(F)(F)F)C1. The van der Waals surface area contributed by atoms with Gasteiger partial charge in [0.25, 0.3) is 0 Å². The highest BCUT2D eigenvalue weighted by Gasteiger charge is 2.50. The van der Waals surface area contributed by atoms with Gasteiger partial charge in [-0.2, -0.15) is 13.2 Å². The van der Waals surface area contributed by atoms with Crippen molar-refractivity contribution >= 4 is 5.97 Å². The number of nitrogens with zero attached hydrogens (tertiary/aromatic N) is 1. The first-order valence-electron chi connectivity index (χ1n) is 4.91. The fraction of sp³-hybridized carbons (Fsp3) is 0.889. The fourth-order valence-electron chi connectivity index (χ4n) is 1.93. The molecule has 1 saturated heterocycles. The Labute approximate surface area is 90.7 Å². The van der Waals surface area contributed by atoms with Gasteiger partial charge < -0.3 is 10.2 Å². The van der Waals surface area contributed by atoms with Gasteiger partial charge in [0.05, 0.1) is 5.92 Å². The molecular weight excluding hydrogens is 227 g/mol. The third-order valence-corrected chi connectivity index (χ3v) is 3.03. The van der Waals surface area contributed by atoms with E-state index >= 15 is 0 Å². The number of halogens is 3. The molecule has 1 rings (SSSR count). The highest BCUT2D eigenvalue weighted by molar-refractivity contribution is 5.72. The van der Waals surface area contributed by atoms with Gasteiger partial charge in [0.2, 0.25) is 0 Å². The minimum absolute atomic E-state index is 0.0336. The third kappa shape index (κ3) is 2.65. The van der Waals surface area contributed by atoms with E-state index in [0.717, 1.165) is 0 Å². The maximum absolute atomic E-state index is 12.6. The van der Waals surface area contributed by atoms with Gasteiger partial charge in [-0.25, -0.2) is 0 Å². The monoisotopic (exact) mass is 241 g/mol. The summed E-state index contributed by atoms with van der Waals surface area (Å²) in [5, 5.41) is 17.6. The average molecular weight is 241 g/mol. The average Bonchev–Trinajstić information content (AvgIpc) is 2.59. The number of aliphatic hydroxyl groups excluding tert-OH is 1. The van der Waals surface area contributed by atoms with E-state index in [0.29, 0.717) is 0 Å². The van der Waals surface area contributed by atoms with Crippen molar-refractivity contribution in [1.29, 1.82) is 0 Å². The van der Waals surface area contributed by atoms with Crippen LogP contribution in [-0.2, 0) is 4.79 Å². The Morgan fingerprint density at radius 2 is 2.06 bits per heavy atom. The maximum Gasteiger partial charge on any atom is 0.393 e. The fourth-order valence-corrected chi connectivity index (χ4v) is 1.93. The van der Waals surface area contributed by atoms with Gasteiger partial charge in [0.15, 0.2) is 0 Å². The van der Waals surface area contributed by atoms with E-state index in [-0.39, 0.29) is 13.1 Å². The molecule has 1 aliphatic heterocycles. The van der Waals surface area contributed by atoms with E-state index in [1.54, 1.807) is 0 Å². The molecular formula is C9H14F3NO3. The summed E-state index contributed by atoms with van der Waals surface area (Å²) < 4.78 is 37.7. The molecule has 4 nitrogen and oxygen atoms in total. The Morgan fingerprint density at radius 3 is 2.38 bits per heavy atom. The summed E-state index contributed by atoms with van der Waals surface area (Å²) in [4.78, 5) is 11.9. The molecule has 94 valence electrons. The number of carboxylic acids is 1. The molecule has 0 aromatic rings. The van der Waals surface area contributed by atoms with E-state index in [9.17, 15) is 18.0 Å². The largest absolute Gasteiger partial charge is 0.480 e. The number of likely N-dealkylation sites (tertiary alicyclic amines) is 1. The minimum Gasteiger partial charge on any atom is -0.480 e. The van der Waals surface area contributed by atoms with E-state index in [4.69, 9.17) is 10.2 Å². The summed E-state index contributed by atoms with van der Waals surface area (Å²) in [7, 11) is 0. The topological polar surface area (TPSA) is 60.8 Å². The molecule has 0 amide bonds. The summed E-state index contributed by atoms with van der Waals surface area (Å²) in [6.07, 6.45) is -4.39. The van der Waals surface area contributed by atoms with Crippen molar-refractivity contribution in [2.45, 2.75) is 19.1 Å². The van der Waals surface area contributed by atoms with E-state index < -0.39 is 36.6 Å². The zero-order valence-corrected chi connectivity index (χ0v) is 8.74. The van der Waals surface area contributed by atoms with E-state index in [2.05, 4.69) is 0 Å². The van der Waals surface area contributed by atoms with Crippen LogP contribution in [0.5, 0.6) is 0 Å². The molecule has 2 N–H and O–H groups in total. The molecule has 0 unspecified atom stereocenters. The Morgan fingerprint density at radius 1 is 1.50 bits per heavy atom. The lowest BCUT2D eigenvalue weighted by atomic mass is 9.97. The molecule has 0 radical (unpaired) electrons. The highest BCUT2D eigenvalue weighted by atomic mass is 19.4. The van der Waals surface area contributed by atoms with E-state index in [1.165, 1.54) is 11.8 Å². The zero-order chi connectivity index (χ0) is 12.5. The maximum atomic E-state index is 12.6. The summed E-state index contributed by atoms with van der Waals surface area (Å²) in [6, 6.07) is -0.957. The Bertz CT molecular complexity index is 269. The summed E-state index contributed by atoms with van der Waals surface area (Å²) in [5.41, 5.74) is 0. The first kappa shape index (κ1) is 13.2. The van der Waals surface area contributed by atoms with Crippen LogP contribution in [0.25, 0.3) is 0 Å². The van der Waals surface area contributed by atoms with Crippen LogP contribution in [0.3, 0.4) is 0 Å². The molecule has 0 aromatic heterocycles. The van der Waals surface area contributed by atoms with Gasteiger partial charge in [-0.15, -0.1) is 0 Å². The van der Waals surface area contributed by atoms with Crippen LogP contribution in [0.4, 0.5) is 13.2 Å². The predicted octanol–water partition coefficient (Wildman–Crippen LogP) is 0.562. The molecule has 0 aromatic carbocycles. The van der Waals surface area contributed by atoms with Crippen molar-refractivity contribution in [3.63, 3.8) is 0 Å². The third-order valence-electron chi connectivity index (χ3n) is 3.03. The Balaban J connectivity index is 2.74. The first-order valence-corrected chi connectivity index (χ1v) is 4.91. The van der Waals surface area contributed by atoms with Crippen LogP contribution < -0.4 is 0 Å². The molecule has 3 atom stereocenters. The second kappa shape index (κ2) is 4.58. The summed E-state index contributed by atoms with van der Waals surface area (Å²) >= 11 is 0. The van der Waals surface area contributed by atoms with Gasteiger partial charge in [-0.1, -0.05) is 0 Å². The lowest BCUT2D eigenvalue weighted by molar-refractivity contribution is -0.183. The van der Waals surface area contributed by atoms with Crippen LogP contribution in [0.2, 0.25) is 0 Å². The smallest absolute Gasteiger partial charge is 0.393 e. The van der Waals surface area contributed by atoms with Gasteiger partial charge in [-0.3, -0.25) is 9.69 Å². The molecule has 1 fully saturated rings. The number of aliphatic carboxylic acids is 1. The van der Waals surface area contributed by atoms with Crippen LogP contribution in [-0.4, -0.2) is 53.0 Å². The molecule has 1 aliphatic rings. The zero-order valence-electron chi connectivity index (χ0n) is 8.74. The number of hydrogen-bond acceptors (Lipinski definition) is 3. The molecule has 16 heavy (non-hydrogen) atoms. The number of carboxylic acid groups (broad SMARTS) is 1. The van der Waals surface area contributed by atoms with Gasteiger partial charge in [0.1, 0.15) is 6.04 Å². The number of hydrogen-bond donors (Lipinski definition) is 2. The van der Waals surface area contributed by atoms with E-state index in [1.807, 2.05) is 0 Å². The Hall–Kier alpha value is -0.820. The number of alkyl halides is 3. The summed E-state index contributed by atoms with van der Waals surface area (Å²) in [5.74, 6) is -3.72. The first-order chi connectivity index (χ1) is 7.27. The number of carbonyl (C=O) groups is 1. The molecule has 0 aliphatic carbocycles. The molecule has 0 saturated carbocycles. The summed E-state index contributed by atoms with van der Waals surface area (Å²) in [6.45, 7) is 0.374. The van der Waals surface area contributed by atoms with Crippen LogP contribution >= 0.6 is 0 Å². The lowest BCUT2D eigenvalue weighted by Crippen LogP contribution is -2.38. The number of rotatable bonds is 3. The minimum atomic E-state index is -4.39. The lowest BCUT2D eigenvalue weighted by Gasteiger charge is -2.21. The molecule has 1 heterocycles. The van der Waals surface area contributed by atoms with Crippen LogP contribution in [0.15, 0.2) is 0 Å². The van der Waals surface area contributed by atoms with Gasteiger partial charge in [0, 0.05) is 25.6 Å². The van der Waals surface area contributed by atoms with Crippen molar-refractivity contribution in [3.8, 4) is 0 Å². The van der Waals surface area contributed by atoms with Crippen molar-refractivity contribution in [3.05, 3.63) is 0 Å². The molecule has 0 bridgehead atoms.